The number of hydrogen-bond acceptors (Lipinski definition) is 8. The fraction of sp³-hybridized carbons (Fsp3) is 0.394. The average molecular weight is 628 g/mol. The molecule has 0 bridgehead atoms. The van der Waals surface area contributed by atoms with Gasteiger partial charge in [-0.15, -0.1) is 0 Å². The van der Waals surface area contributed by atoms with Crippen molar-refractivity contribution in [2.75, 3.05) is 26.7 Å². The molecule has 45 heavy (non-hydrogen) atoms. The van der Waals surface area contributed by atoms with Gasteiger partial charge in [0.05, 0.1) is 19.1 Å². The van der Waals surface area contributed by atoms with Crippen LogP contribution in [0.2, 0.25) is 0 Å². The van der Waals surface area contributed by atoms with Crippen molar-refractivity contribution in [1.29, 1.82) is 0 Å². The summed E-state index contributed by atoms with van der Waals surface area (Å²) in [6.07, 6.45) is 11.7. The maximum Gasteiger partial charge on any atom is 0.342 e. The van der Waals surface area contributed by atoms with E-state index in [0.717, 1.165) is 48.4 Å². The molecule has 1 saturated heterocycles. The van der Waals surface area contributed by atoms with E-state index in [4.69, 9.17) is 9.84 Å². The highest BCUT2D eigenvalue weighted by atomic mass is 19.3. The molecular formula is C33H43F2N5O5. The van der Waals surface area contributed by atoms with Crippen molar-refractivity contribution in [2.45, 2.75) is 52.3 Å². The summed E-state index contributed by atoms with van der Waals surface area (Å²) in [6.45, 7) is 4.92. The summed E-state index contributed by atoms with van der Waals surface area (Å²) in [5.74, 6) is 2.08. The van der Waals surface area contributed by atoms with Crippen LogP contribution in [0.3, 0.4) is 0 Å². The number of likely N-dealkylation sites (N-methyl/N-ethyl adjacent to an activating group) is 1. The van der Waals surface area contributed by atoms with Crippen molar-refractivity contribution in [3.05, 3.63) is 83.2 Å². The van der Waals surface area contributed by atoms with Crippen molar-refractivity contribution < 1.29 is 33.0 Å². The lowest BCUT2D eigenvalue weighted by Gasteiger charge is -2.20. The van der Waals surface area contributed by atoms with E-state index in [2.05, 4.69) is 33.9 Å². The predicted octanol–water partition coefficient (Wildman–Crippen LogP) is 4.13. The normalized spacial score (nSPS) is 18.9. The highest BCUT2D eigenvalue weighted by Crippen LogP contribution is 2.26. The summed E-state index contributed by atoms with van der Waals surface area (Å²) in [5.41, 5.74) is 3.88. The van der Waals surface area contributed by atoms with E-state index < -0.39 is 6.61 Å². The fourth-order valence-electron chi connectivity index (χ4n) is 4.65. The number of aliphatic hydroxyl groups excluding tert-OH is 1. The van der Waals surface area contributed by atoms with Gasteiger partial charge in [-0.2, -0.15) is 8.78 Å². The molecule has 2 aromatic carbocycles. The van der Waals surface area contributed by atoms with Crippen LogP contribution in [0.1, 0.15) is 41.3 Å². The Labute approximate surface area is 263 Å². The first-order valence-electron chi connectivity index (χ1n) is 14.6. The number of carbonyl (C=O) groups is 3. The number of ether oxygens (including phenoxy) is 1. The van der Waals surface area contributed by atoms with Gasteiger partial charge in [0, 0.05) is 42.2 Å². The number of carbonyl (C=O) groups excluding carboxylic acids is 3. The van der Waals surface area contributed by atoms with Gasteiger partial charge in [0.1, 0.15) is 17.8 Å². The van der Waals surface area contributed by atoms with Gasteiger partial charge in [0.2, 0.25) is 12.3 Å². The smallest absolute Gasteiger partial charge is 0.342 e. The fourth-order valence-corrected chi connectivity index (χ4v) is 4.65. The van der Waals surface area contributed by atoms with E-state index in [0.29, 0.717) is 43.1 Å². The monoisotopic (exact) mass is 627 g/mol. The summed E-state index contributed by atoms with van der Waals surface area (Å²) in [6, 6.07) is 14.0. The van der Waals surface area contributed by atoms with Gasteiger partial charge in [-0.05, 0) is 70.5 Å². The van der Waals surface area contributed by atoms with Crippen LogP contribution in [0.4, 0.5) is 8.78 Å². The Hall–Kier alpha value is -4.42. The molecule has 3 unspecified atom stereocenters. The summed E-state index contributed by atoms with van der Waals surface area (Å²) in [5, 5.41) is 15.5. The molecule has 2 aromatic rings. The van der Waals surface area contributed by atoms with Crippen LogP contribution in [0.25, 0.3) is 0 Å². The summed E-state index contributed by atoms with van der Waals surface area (Å²) in [7, 11) is 1.80. The Morgan fingerprint density at radius 3 is 2.49 bits per heavy atom. The number of aryl methyl sites for hydroxylation is 2. The van der Waals surface area contributed by atoms with Gasteiger partial charge in [-0.25, -0.2) is 0 Å². The van der Waals surface area contributed by atoms with E-state index in [-0.39, 0.29) is 5.91 Å². The van der Waals surface area contributed by atoms with Crippen molar-refractivity contribution in [1.82, 2.24) is 20.9 Å². The number of halogens is 2. The standard InChI is InChI=1S/C15H14O2.C9H11N3O.C8H16N2O.CH2F2O/c1-11-3-7-14(8-4-11)17-15-9-13(10-16)6-5-12(15)2;13-6-11-5-8-3-7-4-10-2-1-9(7)12-8;1-7-4-3-5-10(7)8(11)6-9-2;2-1(3)4/h3-10H,1-2H3;1-4,6-7,9,12H,5H2,(H,11,13);7,9H,3-6H2,1-2H3;1,4H. The van der Waals surface area contributed by atoms with Gasteiger partial charge in [-0.1, -0.05) is 35.9 Å². The number of likely N-dealkylation sites (tertiary alicyclic amines) is 1. The number of alkyl halides is 2. The van der Waals surface area contributed by atoms with Crippen molar-refractivity contribution >= 4 is 24.8 Å². The van der Waals surface area contributed by atoms with E-state index >= 15 is 0 Å². The summed E-state index contributed by atoms with van der Waals surface area (Å²) in [4.78, 5) is 38.1. The number of fused-ring (bicyclic) bond motifs is 1. The second-order valence-corrected chi connectivity index (χ2v) is 10.5. The maximum absolute atomic E-state index is 11.3. The Balaban J connectivity index is 0.000000226. The highest BCUT2D eigenvalue weighted by molar-refractivity contribution is 5.78. The molecule has 3 atom stereocenters. The minimum atomic E-state index is -3.17. The molecule has 12 heteroatoms. The molecule has 0 spiro atoms. The van der Waals surface area contributed by atoms with Crippen LogP contribution in [-0.4, -0.2) is 80.2 Å². The molecule has 4 N–H and O–H groups in total. The van der Waals surface area contributed by atoms with Gasteiger partial charge in [0.25, 0.3) is 0 Å². The van der Waals surface area contributed by atoms with Gasteiger partial charge in [-0.3, -0.25) is 19.4 Å². The maximum atomic E-state index is 11.3. The van der Waals surface area contributed by atoms with Crippen LogP contribution in [-0.2, 0) is 9.59 Å². The lowest BCUT2D eigenvalue weighted by Crippen LogP contribution is -2.38. The van der Waals surface area contributed by atoms with Crippen LogP contribution >= 0.6 is 0 Å². The first-order valence-corrected chi connectivity index (χ1v) is 14.6. The minimum absolute atomic E-state index is 0.234. The Morgan fingerprint density at radius 2 is 1.91 bits per heavy atom. The third-order valence-electron chi connectivity index (χ3n) is 6.97. The predicted molar refractivity (Wildman–Crippen MR) is 171 cm³/mol. The second kappa shape index (κ2) is 19.8. The molecule has 3 heterocycles. The van der Waals surface area contributed by atoms with Gasteiger partial charge >= 0.3 is 6.61 Å². The zero-order valence-corrected chi connectivity index (χ0v) is 26.1. The van der Waals surface area contributed by atoms with Crippen LogP contribution in [0.5, 0.6) is 11.5 Å². The van der Waals surface area contributed by atoms with Crippen LogP contribution < -0.4 is 20.7 Å². The highest BCUT2D eigenvalue weighted by Gasteiger charge is 2.25. The molecule has 5 rings (SSSR count). The number of nitrogens with one attached hydrogen (secondary N) is 3. The van der Waals surface area contributed by atoms with Gasteiger partial charge in [0.15, 0.2) is 0 Å². The molecule has 0 aromatic heterocycles. The quantitative estimate of drug-likeness (QED) is 0.324. The largest absolute Gasteiger partial charge is 0.457 e. The first kappa shape index (κ1) is 36.8. The first-order chi connectivity index (χ1) is 21.6. The third-order valence-corrected chi connectivity index (χ3v) is 6.97. The minimum Gasteiger partial charge on any atom is -0.457 e. The van der Waals surface area contributed by atoms with Gasteiger partial charge < -0.3 is 30.7 Å². The van der Waals surface area contributed by atoms with Crippen molar-refractivity contribution in [3.8, 4) is 11.5 Å². The van der Waals surface area contributed by atoms with E-state index in [1.54, 1.807) is 25.4 Å². The Morgan fingerprint density at radius 1 is 1.20 bits per heavy atom. The number of rotatable bonds is 8. The number of aldehydes is 1. The Bertz CT molecular complexity index is 1310. The molecule has 3 aliphatic heterocycles. The Kier molecular flexibility index (Phi) is 16.2. The molecule has 244 valence electrons. The van der Waals surface area contributed by atoms with Crippen molar-refractivity contribution in [3.63, 3.8) is 0 Å². The molecule has 0 aliphatic carbocycles. The molecular weight excluding hydrogens is 584 g/mol. The number of benzene rings is 2. The lowest BCUT2D eigenvalue weighted by molar-refractivity contribution is -0.130. The lowest BCUT2D eigenvalue weighted by atomic mass is 10.0. The van der Waals surface area contributed by atoms with E-state index in [1.807, 2.05) is 61.4 Å². The summed E-state index contributed by atoms with van der Waals surface area (Å²) < 4.78 is 25.5. The van der Waals surface area contributed by atoms with Crippen molar-refractivity contribution in [2.24, 2.45) is 10.9 Å². The number of aliphatic hydroxyl groups is 1. The second-order valence-electron chi connectivity index (χ2n) is 10.5. The molecule has 0 saturated carbocycles. The SMILES string of the molecule is CNCC(=O)N1CCCC1C.Cc1ccc(Oc2cc(C=O)ccc2C)cc1.O=CNCC1=CC2C=NC=CC2N1.OC(F)F. The molecule has 2 amide bonds. The number of aliphatic imine (C=N–C) groups is 1. The van der Waals surface area contributed by atoms with Crippen LogP contribution in [0.15, 0.2) is 71.5 Å². The number of hydrogen-bond donors (Lipinski definition) is 4. The molecule has 10 nitrogen and oxygen atoms in total. The number of amides is 2. The number of nitrogens with zero attached hydrogens (tertiary/aromatic N) is 2. The van der Waals surface area contributed by atoms with E-state index in [9.17, 15) is 23.2 Å². The molecule has 0 radical (unpaired) electrons. The zero-order chi connectivity index (χ0) is 33.2. The molecule has 1 fully saturated rings. The van der Waals surface area contributed by atoms with E-state index in [1.165, 1.54) is 5.56 Å². The molecule has 3 aliphatic rings. The average Bonchev–Trinajstić information content (AvgIpc) is 3.64. The topological polar surface area (TPSA) is 132 Å². The van der Waals surface area contributed by atoms with Crippen LogP contribution in [0, 0.1) is 19.8 Å². The third kappa shape index (κ3) is 13.4. The zero-order valence-electron chi connectivity index (χ0n) is 26.1. The summed E-state index contributed by atoms with van der Waals surface area (Å²) >= 11 is 0.